The lowest BCUT2D eigenvalue weighted by Crippen LogP contribution is -2.52. The highest BCUT2D eigenvalue weighted by Gasteiger charge is 2.47. The molecule has 2 aliphatic carbocycles. The molecule has 0 aromatic rings. The molecule has 2 bridgehead atoms. The molecule has 4 aliphatic rings. The first-order valence-corrected chi connectivity index (χ1v) is 7.83. The smallest absolute Gasteiger partial charge is 0.00177 e. The molecule has 2 N–H and O–H groups in total. The Labute approximate surface area is 105 Å². The molecular formula is C15H26N2. The van der Waals surface area contributed by atoms with Crippen molar-refractivity contribution in [3.63, 3.8) is 0 Å². The zero-order valence-electron chi connectivity index (χ0n) is 10.8. The van der Waals surface area contributed by atoms with Gasteiger partial charge in [0.25, 0.3) is 0 Å². The summed E-state index contributed by atoms with van der Waals surface area (Å²) in [4.78, 5) is 0. The monoisotopic (exact) mass is 234 g/mol. The van der Waals surface area contributed by atoms with Gasteiger partial charge < -0.3 is 10.6 Å². The second kappa shape index (κ2) is 4.24. The Morgan fingerprint density at radius 2 is 1.06 bits per heavy atom. The molecule has 2 nitrogen and oxygen atoms in total. The van der Waals surface area contributed by atoms with Gasteiger partial charge in [0.1, 0.15) is 0 Å². The van der Waals surface area contributed by atoms with Gasteiger partial charge in [-0.25, -0.2) is 0 Å². The summed E-state index contributed by atoms with van der Waals surface area (Å²) in [5.74, 6) is 6.39. The summed E-state index contributed by atoms with van der Waals surface area (Å²) in [6, 6.07) is 0. The maximum atomic E-state index is 3.63. The SMILES string of the molecule is C1CC2C(CN1)C[C@H]1C[C@@H]2CC2CNCCC21. The van der Waals surface area contributed by atoms with Crippen molar-refractivity contribution in [1.29, 1.82) is 0 Å². The van der Waals surface area contributed by atoms with E-state index in [4.69, 9.17) is 0 Å². The van der Waals surface area contributed by atoms with E-state index >= 15 is 0 Å². The fourth-order valence-corrected chi connectivity index (χ4v) is 5.70. The van der Waals surface area contributed by atoms with Gasteiger partial charge >= 0.3 is 0 Å². The summed E-state index contributed by atoms with van der Waals surface area (Å²) in [6.07, 6.45) is 7.62. The molecule has 4 fully saturated rings. The minimum Gasteiger partial charge on any atom is -0.316 e. The zero-order valence-corrected chi connectivity index (χ0v) is 10.8. The van der Waals surface area contributed by atoms with Crippen molar-refractivity contribution in [1.82, 2.24) is 10.6 Å². The maximum Gasteiger partial charge on any atom is -0.00177 e. The topological polar surface area (TPSA) is 24.1 Å². The van der Waals surface area contributed by atoms with Crippen LogP contribution in [0.1, 0.15) is 32.1 Å². The molecule has 4 rings (SSSR count). The highest BCUT2D eigenvalue weighted by molar-refractivity contribution is 4.99. The first kappa shape index (κ1) is 10.8. The molecule has 96 valence electrons. The Bertz CT molecular complexity index is 263. The van der Waals surface area contributed by atoms with Crippen LogP contribution in [0.3, 0.4) is 0 Å². The van der Waals surface area contributed by atoms with Crippen LogP contribution >= 0.6 is 0 Å². The number of hydrogen-bond acceptors (Lipinski definition) is 2. The third-order valence-electron chi connectivity index (χ3n) is 6.36. The molecule has 0 spiro atoms. The van der Waals surface area contributed by atoms with Crippen LogP contribution in [0.2, 0.25) is 0 Å². The predicted molar refractivity (Wildman–Crippen MR) is 69.8 cm³/mol. The van der Waals surface area contributed by atoms with Crippen LogP contribution in [0, 0.1) is 35.5 Å². The minimum atomic E-state index is 1.03. The molecule has 0 radical (unpaired) electrons. The summed E-state index contributed by atoms with van der Waals surface area (Å²) in [7, 11) is 0. The molecule has 2 saturated heterocycles. The number of rotatable bonds is 0. The van der Waals surface area contributed by atoms with Crippen LogP contribution in [-0.4, -0.2) is 26.2 Å². The van der Waals surface area contributed by atoms with E-state index < -0.39 is 0 Å². The first-order chi connectivity index (χ1) is 8.42. The van der Waals surface area contributed by atoms with Gasteiger partial charge in [-0.1, -0.05) is 0 Å². The lowest BCUT2D eigenvalue weighted by molar-refractivity contribution is -0.0322. The van der Waals surface area contributed by atoms with Gasteiger partial charge in [-0.15, -0.1) is 0 Å². The summed E-state index contributed by atoms with van der Waals surface area (Å²) < 4.78 is 0. The Morgan fingerprint density at radius 1 is 0.588 bits per heavy atom. The van der Waals surface area contributed by atoms with Crippen molar-refractivity contribution in [3.05, 3.63) is 0 Å². The number of piperidine rings is 2. The predicted octanol–water partition coefficient (Wildman–Crippen LogP) is 1.87. The summed E-state index contributed by atoms with van der Waals surface area (Å²) in [5, 5.41) is 7.27. The van der Waals surface area contributed by atoms with Crippen molar-refractivity contribution >= 4 is 0 Å². The van der Waals surface area contributed by atoms with Gasteiger partial charge in [0, 0.05) is 0 Å². The summed E-state index contributed by atoms with van der Waals surface area (Å²) >= 11 is 0. The van der Waals surface area contributed by atoms with E-state index in [0.29, 0.717) is 0 Å². The lowest BCUT2D eigenvalue weighted by atomic mass is 9.53. The molecular weight excluding hydrogens is 208 g/mol. The van der Waals surface area contributed by atoms with Gasteiger partial charge in [-0.05, 0) is 93.8 Å². The molecule has 2 heteroatoms. The van der Waals surface area contributed by atoms with E-state index in [1.165, 1.54) is 39.0 Å². The summed E-state index contributed by atoms with van der Waals surface area (Å²) in [5.41, 5.74) is 0. The van der Waals surface area contributed by atoms with Gasteiger partial charge in [-0.3, -0.25) is 0 Å². The second-order valence-electron chi connectivity index (χ2n) is 7.06. The van der Waals surface area contributed by atoms with E-state index in [1.54, 1.807) is 19.3 Å². The van der Waals surface area contributed by atoms with Gasteiger partial charge in [0.05, 0.1) is 0 Å². The van der Waals surface area contributed by atoms with E-state index in [0.717, 1.165) is 35.5 Å². The standard InChI is InChI=1S/C15H26N2/c1-3-16-8-12-7-11-5-10(14(1)12)6-13-9-17-4-2-15(11)13/h10-17H,1-9H2/t10-,11-,12?,13?,14?,15?/m1/s1. The van der Waals surface area contributed by atoms with E-state index in [9.17, 15) is 0 Å². The van der Waals surface area contributed by atoms with Crippen LogP contribution in [0.15, 0.2) is 0 Å². The van der Waals surface area contributed by atoms with Crippen LogP contribution in [0.25, 0.3) is 0 Å². The average molecular weight is 234 g/mol. The van der Waals surface area contributed by atoms with E-state index in [1.807, 2.05) is 0 Å². The largest absolute Gasteiger partial charge is 0.316 e. The van der Waals surface area contributed by atoms with Gasteiger partial charge in [0.15, 0.2) is 0 Å². The molecule has 4 unspecified atom stereocenters. The summed E-state index contributed by atoms with van der Waals surface area (Å²) in [6.45, 7) is 5.23. The third-order valence-corrected chi connectivity index (χ3v) is 6.36. The molecule has 2 saturated carbocycles. The second-order valence-corrected chi connectivity index (χ2v) is 7.06. The number of hydrogen-bond donors (Lipinski definition) is 2. The molecule has 0 aromatic heterocycles. The van der Waals surface area contributed by atoms with Gasteiger partial charge in [0.2, 0.25) is 0 Å². The Morgan fingerprint density at radius 3 is 1.59 bits per heavy atom. The minimum absolute atomic E-state index is 1.03. The highest BCUT2D eigenvalue weighted by Crippen LogP contribution is 2.53. The molecule has 2 heterocycles. The first-order valence-electron chi connectivity index (χ1n) is 7.83. The van der Waals surface area contributed by atoms with Crippen LogP contribution in [0.4, 0.5) is 0 Å². The van der Waals surface area contributed by atoms with Crippen molar-refractivity contribution in [2.75, 3.05) is 26.2 Å². The molecule has 0 amide bonds. The number of fused-ring (bicyclic) bond motifs is 6. The Balaban J connectivity index is 1.56. The van der Waals surface area contributed by atoms with Crippen molar-refractivity contribution in [2.24, 2.45) is 35.5 Å². The van der Waals surface area contributed by atoms with E-state index in [-0.39, 0.29) is 0 Å². The highest BCUT2D eigenvalue weighted by atomic mass is 14.9. The zero-order chi connectivity index (χ0) is 11.2. The Hall–Kier alpha value is -0.0800. The molecule has 2 aliphatic heterocycles. The van der Waals surface area contributed by atoms with Crippen LogP contribution in [-0.2, 0) is 0 Å². The van der Waals surface area contributed by atoms with Crippen molar-refractivity contribution in [2.45, 2.75) is 32.1 Å². The molecule has 6 atom stereocenters. The third kappa shape index (κ3) is 1.76. The van der Waals surface area contributed by atoms with Crippen molar-refractivity contribution < 1.29 is 0 Å². The molecule has 0 aromatic carbocycles. The Kier molecular flexibility index (Phi) is 2.69. The number of nitrogens with one attached hydrogen (secondary N) is 2. The fourth-order valence-electron chi connectivity index (χ4n) is 5.70. The van der Waals surface area contributed by atoms with E-state index in [2.05, 4.69) is 10.6 Å². The fraction of sp³-hybridized carbons (Fsp3) is 1.00. The maximum absolute atomic E-state index is 3.63. The lowest BCUT2D eigenvalue weighted by Gasteiger charge is -2.54. The van der Waals surface area contributed by atoms with Crippen LogP contribution < -0.4 is 10.6 Å². The normalized spacial score (nSPS) is 53.6. The molecule has 17 heavy (non-hydrogen) atoms. The van der Waals surface area contributed by atoms with Gasteiger partial charge in [-0.2, -0.15) is 0 Å². The quantitative estimate of drug-likeness (QED) is 0.668. The average Bonchev–Trinajstić information content (AvgIpc) is 2.39. The van der Waals surface area contributed by atoms with Crippen LogP contribution in [0.5, 0.6) is 0 Å². The van der Waals surface area contributed by atoms with Crippen molar-refractivity contribution in [3.8, 4) is 0 Å².